The fraction of sp³-hybridized carbons (Fsp3) is 0.583. The maximum Gasteiger partial charge on any atom is 0.254 e. The highest BCUT2D eigenvalue weighted by atomic mass is 127. The topological polar surface area (TPSA) is 20.3 Å². The predicted octanol–water partition coefficient (Wildman–Crippen LogP) is 3.98. The van der Waals surface area contributed by atoms with Crippen LogP contribution in [0, 0.1) is 2.88 Å². The van der Waals surface area contributed by atoms with Crippen LogP contribution in [0.5, 0.6) is 0 Å². The summed E-state index contributed by atoms with van der Waals surface area (Å²) in [6, 6.07) is 2.42. The second kappa shape index (κ2) is 6.38. The molecule has 1 aliphatic rings. The highest BCUT2D eigenvalue weighted by Crippen LogP contribution is 2.27. The van der Waals surface area contributed by atoms with Crippen molar-refractivity contribution in [3.8, 4) is 0 Å². The SMILES string of the molecule is O=C(c1csc(I)c1)N(CCCCl)C1CCC1. The zero-order valence-electron chi connectivity index (χ0n) is 9.49. The van der Waals surface area contributed by atoms with Crippen LogP contribution in [-0.4, -0.2) is 29.3 Å². The molecule has 2 nitrogen and oxygen atoms in total. The molecule has 0 bridgehead atoms. The number of carbonyl (C=O) groups excluding carboxylic acids is 1. The smallest absolute Gasteiger partial charge is 0.254 e. The lowest BCUT2D eigenvalue weighted by atomic mass is 9.91. The Bertz CT molecular complexity index is 392. The highest BCUT2D eigenvalue weighted by molar-refractivity contribution is 14.1. The number of alkyl halides is 1. The Hall–Kier alpha value is 0.190. The largest absolute Gasteiger partial charge is 0.336 e. The van der Waals surface area contributed by atoms with Crippen LogP contribution in [-0.2, 0) is 0 Å². The zero-order valence-corrected chi connectivity index (χ0v) is 13.2. The number of hydrogen-bond acceptors (Lipinski definition) is 2. The van der Waals surface area contributed by atoms with Gasteiger partial charge in [0.15, 0.2) is 0 Å². The lowest BCUT2D eigenvalue weighted by molar-refractivity contribution is 0.0581. The first-order chi connectivity index (χ1) is 8.22. The van der Waals surface area contributed by atoms with E-state index >= 15 is 0 Å². The van der Waals surface area contributed by atoms with Gasteiger partial charge in [0.05, 0.1) is 8.45 Å². The second-order valence-corrected chi connectivity index (χ2v) is 7.45. The lowest BCUT2D eigenvalue weighted by Gasteiger charge is -2.37. The van der Waals surface area contributed by atoms with Gasteiger partial charge in [-0.1, -0.05) is 0 Å². The van der Waals surface area contributed by atoms with Crippen molar-refractivity contribution >= 4 is 51.4 Å². The molecular weight excluding hydrogens is 369 g/mol. The molecule has 0 radical (unpaired) electrons. The first kappa shape index (κ1) is 13.6. The monoisotopic (exact) mass is 383 g/mol. The van der Waals surface area contributed by atoms with Gasteiger partial charge >= 0.3 is 0 Å². The van der Waals surface area contributed by atoms with E-state index in [4.69, 9.17) is 11.6 Å². The molecule has 17 heavy (non-hydrogen) atoms. The molecule has 1 saturated carbocycles. The minimum atomic E-state index is 0.180. The third kappa shape index (κ3) is 3.35. The van der Waals surface area contributed by atoms with Crippen molar-refractivity contribution in [1.82, 2.24) is 4.90 Å². The Morgan fingerprint density at radius 3 is 2.82 bits per heavy atom. The molecule has 0 aromatic carbocycles. The zero-order chi connectivity index (χ0) is 12.3. The van der Waals surface area contributed by atoms with E-state index in [1.54, 1.807) is 11.3 Å². The van der Waals surface area contributed by atoms with Crippen molar-refractivity contribution < 1.29 is 4.79 Å². The molecule has 0 N–H and O–H groups in total. The van der Waals surface area contributed by atoms with Crippen molar-refractivity contribution in [2.75, 3.05) is 12.4 Å². The molecule has 1 fully saturated rings. The maximum atomic E-state index is 12.4. The number of rotatable bonds is 5. The van der Waals surface area contributed by atoms with Gasteiger partial charge in [-0.05, 0) is 54.3 Å². The molecule has 2 rings (SSSR count). The van der Waals surface area contributed by atoms with E-state index in [0.717, 1.165) is 34.3 Å². The first-order valence-corrected chi connectivity index (χ1v) is 8.32. The standard InChI is InChI=1S/C12H15ClINOS/c13-5-2-6-15(10-3-1-4-10)12(16)9-7-11(14)17-8-9/h7-8,10H,1-6H2. The lowest BCUT2D eigenvalue weighted by Crippen LogP contribution is -2.44. The molecule has 1 aliphatic carbocycles. The van der Waals surface area contributed by atoms with Crippen LogP contribution in [0.25, 0.3) is 0 Å². The van der Waals surface area contributed by atoms with E-state index in [1.165, 1.54) is 6.42 Å². The van der Waals surface area contributed by atoms with Crippen molar-refractivity contribution in [1.29, 1.82) is 0 Å². The van der Waals surface area contributed by atoms with Gasteiger partial charge in [-0.25, -0.2) is 0 Å². The molecule has 0 unspecified atom stereocenters. The molecule has 1 aromatic heterocycles. The number of hydrogen-bond donors (Lipinski definition) is 0. The minimum absolute atomic E-state index is 0.180. The summed E-state index contributed by atoms with van der Waals surface area (Å²) in [4.78, 5) is 14.4. The summed E-state index contributed by atoms with van der Waals surface area (Å²) in [5.74, 6) is 0.802. The van der Waals surface area contributed by atoms with E-state index in [1.807, 2.05) is 16.3 Å². The molecule has 94 valence electrons. The number of amides is 1. The average Bonchev–Trinajstić information content (AvgIpc) is 2.67. The molecule has 0 atom stereocenters. The van der Waals surface area contributed by atoms with Gasteiger partial charge in [-0.15, -0.1) is 22.9 Å². The average molecular weight is 384 g/mol. The highest BCUT2D eigenvalue weighted by Gasteiger charge is 2.29. The minimum Gasteiger partial charge on any atom is -0.336 e. The van der Waals surface area contributed by atoms with E-state index < -0.39 is 0 Å². The first-order valence-electron chi connectivity index (χ1n) is 5.83. The third-order valence-corrected chi connectivity index (χ3v) is 5.18. The molecule has 1 heterocycles. The number of nitrogens with zero attached hydrogens (tertiary/aromatic N) is 1. The van der Waals surface area contributed by atoms with Crippen molar-refractivity contribution in [2.45, 2.75) is 31.7 Å². The number of halogens is 2. The Morgan fingerprint density at radius 1 is 1.59 bits per heavy atom. The number of carbonyl (C=O) groups is 1. The molecule has 0 saturated heterocycles. The van der Waals surface area contributed by atoms with Gasteiger partial charge in [0.2, 0.25) is 0 Å². The summed E-state index contributed by atoms with van der Waals surface area (Å²) < 4.78 is 1.16. The van der Waals surface area contributed by atoms with Gasteiger partial charge in [0.25, 0.3) is 5.91 Å². The summed E-state index contributed by atoms with van der Waals surface area (Å²) in [7, 11) is 0. The van der Waals surface area contributed by atoms with Crippen LogP contribution in [0.3, 0.4) is 0 Å². The normalized spacial score (nSPS) is 15.6. The fourth-order valence-corrected chi connectivity index (χ4v) is 3.41. The van der Waals surface area contributed by atoms with Gasteiger partial charge in [-0.3, -0.25) is 4.79 Å². The van der Waals surface area contributed by atoms with E-state index in [2.05, 4.69) is 22.6 Å². The molecule has 1 amide bonds. The van der Waals surface area contributed by atoms with E-state index in [0.29, 0.717) is 11.9 Å². The van der Waals surface area contributed by atoms with Crippen LogP contribution >= 0.6 is 45.5 Å². The Morgan fingerprint density at radius 2 is 2.35 bits per heavy atom. The maximum absolute atomic E-state index is 12.4. The third-order valence-electron chi connectivity index (χ3n) is 3.12. The molecule has 0 aliphatic heterocycles. The molecule has 1 aromatic rings. The van der Waals surface area contributed by atoms with Gasteiger partial charge in [0.1, 0.15) is 0 Å². The van der Waals surface area contributed by atoms with E-state index in [-0.39, 0.29) is 5.91 Å². The second-order valence-electron chi connectivity index (χ2n) is 4.27. The fourth-order valence-electron chi connectivity index (χ4n) is 1.97. The predicted molar refractivity (Wildman–Crippen MR) is 81.0 cm³/mol. The Kier molecular flexibility index (Phi) is 5.11. The van der Waals surface area contributed by atoms with Crippen molar-refractivity contribution in [2.24, 2.45) is 0 Å². The summed E-state index contributed by atoms with van der Waals surface area (Å²) in [5.41, 5.74) is 0.834. The quantitative estimate of drug-likeness (QED) is 0.556. The number of thiophene rings is 1. The Labute approximate surface area is 124 Å². The van der Waals surface area contributed by atoms with E-state index in [9.17, 15) is 4.79 Å². The van der Waals surface area contributed by atoms with Crippen LogP contribution in [0.2, 0.25) is 0 Å². The van der Waals surface area contributed by atoms with Crippen LogP contribution in [0.15, 0.2) is 11.4 Å². The molecule has 5 heteroatoms. The van der Waals surface area contributed by atoms with Crippen LogP contribution in [0.4, 0.5) is 0 Å². The van der Waals surface area contributed by atoms with Crippen LogP contribution < -0.4 is 0 Å². The van der Waals surface area contributed by atoms with Crippen LogP contribution in [0.1, 0.15) is 36.0 Å². The van der Waals surface area contributed by atoms with Gasteiger partial charge in [0, 0.05) is 23.8 Å². The summed E-state index contributed by atoms with van der Waals surface area (Å²) >= 11 is 9.61. The van der Waals surface area contributed by atoms with Crippen molar-refractivity contribution in [3.63, 3.8) is 0 Å². The summed E-state index contributed by atoms with van der Waals surface area (Å²) in [6.07, 6.45) is 4.42. The summed E-state index contributed by atoms with van der Waals surface area (Å²) in [5, 5.41) is 1.95. The van der Waals surface area contributed by atoms with Gasteiger partial charge in [-0.2, -0.15) is 0 Å². The molecule has 0 spiro atoms. The van der Waals surface area contributed by atoms with Crippen molar-refractivity contribution in [3.05, 3.63) is 19.9 Å². The summed E-state index contributed by atoms with van der Waals surface area (Å²) in [6.45, 7) is 0.791. The molecular formula is C12H15ClINOS. The Balaban J connectivity index is 2.06. The van der Waals surface area contributed by atoms with Gasteiger partial charge < -0.3 is 4.90 Å².